The first kappa shape index (κ1) is 31.1. The molecule has 1 aliphatic rings. The van der Waals surface area contributed by atoms with E-state index in [2.05, 4.69) is 173 Å². The highest BCUT2D eigenvalue weighted by molar-refractivity contribution is 6.13. The number of hydrogen-bond donors (Lipinski definition) is 0. The molecule has 3 heterocycles. The Morgan fingerprint density at radius 1 is 0.464 bits per heavy atom. The van der Waals surface area contributed by atoms with Crippen LogP contribution in [0, 0.1) is 0 Å². The number of benzene rings is 8. The molecule has 3 aromatic heterocycles. The van der Waals surface area contributed by atoms with Crippen LogP contribution < -0.4 is 15.5 Å². The second kappa shape index (κ2) is 12.1. The number of para-hydroxylation sites is 4. The first-order valence-electron chi connectivity index (χ1n) is 19.3. The molecule has 0 aliphatic heterocycles. The van der Waals surface area contributed by atoms with Gasteiger partial charge in [0.05, 0.1) is 28.1 Å². The molecule has 0 N–H and O–H groups in total. The molecular weight excluding hydrogens is 685 g/mol. The van der Waals surface area contributed by atoms with Crippen LogP contribution in [0.15, 0.2) is 185 Å². The van der Waals surface area contributed by atoms with E-state index in [-0.39, 0.29) is 0 Å². The van der Waals surface area contributed by atoms with Crippen molar-refractivity contribution < 1.29 is 8.83 Å². The minimum Gasteiger partial charge on any atom is -0.454 e. The molecule has 8 aromatic carbocycles. The van der Waals surface area contributed by atoms with Crippen molar-refractivity contribution in [3.63, 3.8) is 0 Å². The van der Waals surface area contributed by atoms with E-state index in [1.165, 1.54) is 54.4 Å². The molecule has 0 atom stereocenters. The lowest BCUT2D eigenvalue weighted by Crippen LogP contribution is -2.28. The highest BCUT2D eigenvalue weighted by Crippen LogP contribution is 2.45. The van der Waals surface area contributed by atoms with Gasteiger partial charge in [0.25, 0.3) is 0 Å². The fourth-order valence-corrected chi connectivity index (χ4v) is 9.13. The average Bonchev–Trinajstić information content (AvgIpc) is 3.94. The average molecular weight is 719 g/mol. The Balaban J connectivity index is 1.02. The molecule has 56 heavy (non-hydrogen) atoms. The maximum atomic E-state index is 6.62. The summed E-state index contributed by atoms with van der Waals surface area (Å²) in [4.78, 5) is 2.35. The molecule has 0 amide bonds. The molecule has 0 saturated heterocycles. The van der Waals surface area contributed by atoms with Gasteiger partial charge in [0.15, 0.2) is 11.0 Å². The summed E-state index contributed by atoms with van der Waals surface area (Å²) in [5, 5.41) is 9.45. The molecule has 1 aliphatic carbocycles. The predicted octanol–water partition coefficient (Wildman–Crippen LogP) is 13.0. The Labute approximate surface area is 322 Å². The number of nitrogens with zero attached hydrogens (tertiary/aromatic N) is 2. The molecular formula is C52H34N2O2. The van der Waals surface area contributed by atoms with E-state index in [1.54, 1.807) is 0 Å². The van der Waals surface area contributed by atoms with Crippen LogP contribution >= 0.6 is 0 Å². The van der Waals surface area contributed by atoms with Gasteiger partial charge in [0.2, 0.25) is 0 Å². The van der Waals surface area contributed by atoms with E-state index < -0.39 is 0 Å². The molecule has 264 valence electrons. The molecule has 12 rings (SSSR count). The molecule has 0 spiro atoms. The van der Waals surface area contributed by atoms with E-state index in [4.69, 9.17) is 8.83 Å². The molecule has 4 nitrogen and oxygen atoms in total. The number of furan rings is 2. The SMILES string of the molecule is C1=c2c(oc3ccccc23)=C(n2c3ccccc3c3cc(-c4ccc(N(c5cccc6ccccc56)c5cccc6c5oc5ccccc56)cc4)ccc32)CC1. The summed E-state index contributed by atoms with van der Waals surface area (Å²) in [6.07, 6.45) is 4.22. The van der Waals surface area contributed by atoms with Crippen molar-refractivity contribution in [1.29, 1.82) is 0 Å². The summed E-state index contributed by atoms with van der Waals surface area (Å²) in [6.45, 7) is 0. The lowest BCUT2D eigenvalue weighted by molar-refractivity contribution is 0.564. The van der Waals surface area contributed by atoms with E-state index >= 15 is 0 Å². The smallest absolute Gasteiger partial charge is 0.159 e. The molecule has 0 radical (unpaired) electrons. The van der Waals surface area contributed by atoms with Crippen molar-refractivity contribution >= 4 is 94.3 Å². The normalized spacial score (nSPS) is 13.0. The van der Waals surface area contributed by atoms with Crippen molar-refractivity contribution in [1.82, 2.24) is 4.57 Å². The van der Waals surface area contributed by atoms with Gasteiger partial charge in [-0.3, -0.25) is 0 Å². The minimum atomic E-state index is 0.871. The summed E-state index contributed by atoms with van der Waals surface area (Å²) in [5.41, 5.74) is 12.8. The molecule has 0 fully saturated rings. The fourth-order valence-electron chi connectivity index (χ4n) is 9.13. The quantitative estimate of drug-likeness (QED) is 0.178. The van der Waals surface area contributed by atoms with Gasteiger partial charge in [-0.2, -0.15) is 0 Å². The van der Waals surface area contributed by atoms with Crippen LogP contribution in [0.5, 0.6) is 0 Å². The third-order valence-electron chi connectivity index (χ3n) is 11.7. The van der Waals surface area contributed by atoms with Crippen LogP contribution in [-0.4, -0.2) is 4.57 Å². The molecule has 0 saturated carbocycles. The van der Waals surface area contributed by atoms with Crippen molar-refractivity contribution in [2.24, 2.45) is 0 Å². The number of aromatic nitrogens is 1. The molecule has 0 bridgehead atoms. The van der Waals surface area contributed by atoms with Crippen LogP contribution in [0.2, 0.25) is 0 Å². The van der Waals surface area contributed by atoms with E-state index in [0.29, 0.717) is 0 Å². The van der Waals surface area contributed by atoms with Crippen molar-refractivity contribution in [2.45, 2.75) is 12.8 Å². The van der Waals surface area contributed by atoms with Gasteiger partial charge >= 0.3 is 0 Å². The summed E-state index contributed by atoms with van der Waals surface area (Å²) < 4.78 is 15.6. The van der Waals surface area contributed by atoms with E-state index in [9.17, 15) is 0 Å². The van der Waals surface area contributed by atoms with Crippen LogP contribution in [0.4, 0.5) is 17.1 Å². The van der Waals surface area contributed by atoms with Gasteiger partial charge in [-0.1, -0.05) is 127 Å². The largest absolute Gasteiger partial charge is 0.454 e. The maximum Gasteiger partial charge on any atom is 0.159 e. The first-order chi connectivity index (χ1) is 27.8. The zero-order valence-corrected chi connectivity index (χ0v) is 30.4. The van der Waals surface area contributed by atoms with Gasteiger partial charge in [-0.15, -0.1) is 0 Å². The Hall–Kier alpha value is -7.30. The van der Waals surface area contributed by atoms with Crippen LogP contribution in [0.3, 0.4) is 0 Å². The third kappa shape index (κ3) is 4.59. The van der Waals surface area contributed by atoms with Crippen LogP contribution in [0.1, 0.15) is 12.8 Å². The lowest BCUT2D eigenvalue weighted by atomic mass is 10.0. The zero-order valence-electron chi connectivity index (χ0n) is 30.4. The third-order valence-corrected chi connectivity index (χ3v) is 11.7. The van der Waals surface area contributed by atoms with Gasteiger partial charge in [-0.25, -0.2) is 0 Å². The Bertz CT molecular complexity index is 3490. The summed E-state index contributed by atoms with van der Waals surface area (Å²) in [6, 6.07) is 62.9. The second-order valence-electron chi connectivity index (χ2n) is 14.7. The summed E-state index contributed by atoms with van der Waals surface area (Å²) in [7, 11) is 0. The molecule has 0 unspecified atom stereocenters. The first-order valence-corrected chi connectivity index (χ1v) is 19.3. The van der Waals surface area contributed by atoms with E-state index in [1.807, 2.05) is 18.2 Å². The summed E-state index contributed by atoms with van der Waals surface area (Å²) >= 11 is 0. The highest BCUT2D eigenvalue weighted by Gasteiger charge is 2.22. The Morgan fingerprint density at radius 2 is 1.11 bits per heavy atom. The number of fused-ring (bicyclic) bond motifs is 10. The minimum absolute atomic E-state index is 0.871. The fraction of sp³-hybridized carbons (Fsp3) is 0.0385. The number of anilines is 3. The van der Waals surface area contributed by atoms with Gasteiger partial charge in [-0.05, 0) is 84.0 Å². The molecule has 11 aromatic rings. The standard InChI is InChI=1S/C52H34N2O2/c1-2-14-37-34(12-1)13-9-21-44(37)53(47-22-10-18-41-39-16-4-7-24-49(39)55-51(41)47)36-29-26-33(27-30-36)35-28-31-46-43(32-35)38-15-3-6-20-45(38)54(46)48-23-11-19-42-40-17-5-8-25-50(40)56-52(42)48/h1-10,12-22,24-32H,11,23H2. The van der Waals surface area contributed by atoms with Crippen molar-refractivity contribution in [2.75, 3.05) is 4.90 Å². The van der Waals surface area contributed by atoms with Crippen molar-refractivity contribution in [3.8, 4) is 11.1 Å². The van der Waals surface area contributed by atoms with Gasteiger partial charge in [0, 0.05) is 43.2 Å². The second-order valence-corrected chi connectivity index (χ2v) is 14.7. The molecule has 4 heteroatoms. The number of hydrogen-bond acceptors (Lipinski definition) is 3. The Kier molecular flexibility index (Phi) is 6.72. The van der Waals surface area contributed by atoms with Gasteiger partial charge < -0.3 is 18.3 Å². The van der Waals surface area contributed by atoms with Crippen LogP contribution in [-0.2, 0) is 0 Å². The highest BCUT2D eigenvalue weighted by atomic mass is 16.3. The topological polar surface area (TPSA) is 34.5 Å². The van der Waals surface area contributed by atoms with Crippen LogP contribution in [0.25, 0.3) is 88.4 Å². The monoisotopic (exact) mass is 718 g/mol. The van der Waals surface area contributed by atoms with E-state index in [0.717, 1.165) is 68.4 Å². The Morgan fingerprint density at radius 3 is 1.98 bits per heavy atom. The maximum absolute atomic E-state index is 6.62. The van der Waals surface area contributed by atoms with Gasteiger partial charge in [0.1, 0.15) is 11.2 Å². The number of rotatable bonds is 5. The lowest BCUT2D eigenvalue weighted by Gasteiger charge is -2.27. The zero-order chi connectivity index (χ0) is 36.7. The summed E-state index contributed by atoms with van der Waals surface area (Å²) in [5.74, 6) is 0. The van der Waals surface area contributed by atoms with Crippen molar-refractivity contribution in [3.05, 3.63) is 187 Å². The predicted molar refractivity (Wildman–Crippen MR) is 232 cm³/mol.